The van der Waals surface area contributed by atoms with E-state index in [9.17, 15) is 15.0 Å². The second-order valence-electron chi connectivity index (χ2n) is 5.69. The van der Waals surface area contributed by atoms with Crippen LogP contribution in [0.1, 0.15) is 49.4 Å². The number of amides is 1. The van der Waals surface area contributed by atoms with Crippen molar-refractivity contribution in [3.63, 3.8) is 0 Å². The van der Waals surface area contributed by atoms with Crippen LogP contribution in [-0.4, -0.2) is 33.3 Å². The SMILES string of the molecule is CCC1CCC(O)(CNC(=O)c2cncc(O)c2)CC1. The number of carbonyl (C=O) groups is 1. The first-order chi connectivity index (χ1) is 9.52. The molecule has 0 atom stereocenters. The van der Waals surface area contributed by atoms with Crippen molar-refractivity contribution in [1.29, 1.82) is 0 Å². The van der Waals surface area contributed by atoms with Gasteiger partial charge >= 0.3 is 0 Å². The fourth-order valence-corrected chi connectivity index (χ4v) is 2.70. The third-order valence-corrected chi connectivity index (χ3v) is 4.18. The fraction of sp³-hybridized carbons (Fsp3) is 0.600. The molecule has 1 aliphatic rings. The molecule has 1 aromatic heterocycles. The van der Waals surface area contributed by atoms with Crippen LogP contribution in [0.4, 0.5) is 0 Å². The van der Waals surface area contributed by atoms with Gasteiger partial charge in [0.2, 0.25) is 0 Å². The van der Waals surface area contributed by atoms with Gasteiger partial charge in [0.1, 0.15) is 5.75 Å². The molecule has 3 N–H and O–H groups in total. The van der Waals surface area contributed by atoms with Gasteiger partial charge in [-0.2, -0.15) is 0 Å². The van der Waals surface area contributed by atoms with Gasteiger partial charge in [0.15, 0.2) is 0 Å². The molecular weight excluding hydrogens is 256 g/mol. The highest BCUT2D eigenvalue weighted by atomic mass is 16.3. The molecule has 0 saturated heterocycles. The van der Waals surface area contributed by atoms with Gasteiger partial charge in [-0.05, 0) is 37.7 Å². The average Bonchev–Trinajstić information content (AvgIpc) is 2.46. The van der Waals surface area contributed by atoms with E-state index < -0.39 is 5.60 Å². The average molecular weight is 278 g/mol. The van der Waals surface area contributed by atoms with Gasteiger partial charge in [-0.3, -0.25) is 9.78 Å². The monoisotopic (exact) mass is 278 g/mol. The van der Waals surface area contributed by atoms with Crippen LogP contribution in [0, 0.1) is 5.92 Å². The molecule has 110 valence electrons. The molecule has 1 saturated carbocycles. The smallest absolute Gasteiger partial charge is 0.253 e. The summed E-state index contributed by atoms with van der Waals surface area (Å²) in [6, 6.07) is 1.36. The van der Waals surface area contributed by atoms with Crippen molar-refractivity contribution in [3.05, 3.63) is 24.0 Å². The van der Waals surface area contributed by atoms with Crippen molar-refractivity contribution in [2.75, 3.05) is 6.54 Å². The first-order valence-corrected chi connectivity index (χ1v) is 7.17. The maximum Gasteiger partial charge on any atom is 0.253 e. The number of aliphatic hydroxyl groups is 1. The molecule has 0 aliphatic heterocycles. The Morgan fingerprint density at radius 1 is 1.45 bits per heavy atom. The number of nitrogens with zero attached hydrogens (tertiary/aromatic N) is 1. The molecular formula is C15H22N2O3. The number of rotatable bonds is 4. The van der Waals surface area contributed by atoms with Crippen molar-refractivity contribution in [2.24, 2.45) is 5.92 Å². The van der Waals surface area contributed by atoms with Crippen LogP contribution in [-0.2, 0) is 0 Å². The van der Waals surface area contributed by atoms with E-state index in [0.717, 1.165) is 32.1 Å². The fourth-order valence-electron chi connectivity index (χ4n) is 2.70. The number of aromatic hydroxyl groups is 1. The maximum absolute atomic E-state index is 11.9. The molecule has 0 aromatic carbocycles. The van der Waals surface area contributed by atoms with E-state index >= 15 is 0 Å². The van der Waals surface area contributed by atoms with E-state index in [-0.39, 0.29) is 18.2 Å². The van der Waals surface area contributed by atoms with Crippen LogP contribution < -0.4 is 5.32 Å². The summed E-state index contributed by atoms with van der Waals surface area (Å²) in [6.45, 7) is 2.42. The molecule has 2 rings (SSSR count). The van der Waals surface area contributed by atoms with Gasteiger partial charge in [0.25, 0.3) is 5.91 Å². The Labute approximate surface area is 119 Å². The standard InChI is InChI=1S/C15H22N2O3/c1-2-11-3-5-15(20,6-4-11)10-17-14(19)12-7-13(18)9-16-8-12/h7-9,11,18,20H,2-6,10H2,1H3,(H,17,19). The van der Waals surface area contributed by atoms with Crippen molar-refractivity contribution < 1.29 is 15.0 Å². The van der Waals surface area contributed by atoms with E-state index in [4.69, 9.17) is 0 Å². The lowest BCUT2D eigenvalue weighted by atomic mass is 9.78. The molecule has 1 aromatic rings. The van der Waals surface area contributed by atoms with Crippen molar-refractivity contribution in [2.45, 2.75) is 44.6 Å². The Bertz CT molecular complexity index is 468. The van der Waals surface area contributed by atoms with E-state index in [1.807, 2.05) is 0 Å². The zero-order valence-electron chi connectivity index (χ0n) is 11.8. The predicted molar refractivity (Wildman–Crippen MR) is 75.4 cm³/mol. The Hall–Kier alpha value is -1.62. The summed E-state index contributed by atoms with van der Waals surface area (Å²) < 4.78 is 0. The topological polar surface area (TPSA) is 82.5 Å². The Kier molecular flexibility index (Phi) is 4.60. The molecule has 0 spiro atoms. The normalized spacial score (nSPS) is 26.2. The van der Waals surface area contributed by atoms with E-state index in [2.05, 4.69) is 17.2 Å². The number of hydrogen-bond acceptors (Lipinski definition) is 4. The Balaban J connectivity index is 1.87. The molecule has 1 fully saturated rings. The molecule has 20 heavy (non-hydrogen) atoms. The third kappa shape index (κ3) is 3.70. The molecule has 0 radical (unpaired) electrons. The largest absolute Gasteiger partial charge is 0.506 e. The highest BCUT2D eigenvalue weighted by Gasteiger charge is 2.32. The first kappa shape index (κ1) is 14.8. The lowest BCUT2D eigenvalue weighted by molar-refractivity contribution is -0.00786. The minimum Gasteiger partial charge on any atom is -0.506 e. The molecule has 0 unspecified atom stereocenters. The molecule has 1 aliphatic carbocycles. The molecule has 5 nitrogen and oxygen atoms in total. The van der Waals surface area contributed by atoms with E-state index in [1.165, 1.54) is 18.5 Å². The van der Waals surface area contributed by atoms with Gasteiger partial charge < -0.3 is 15.5 Å². The Morgan fingerprint density at radius 3 is 2.75 bits per heavy atom. The highest BCUT2D eigenvalue weighted by Crippen LogP contribution is 2.33. The first-order valence-electron chi connectivity index (χ1n) is 7.17. The predicted octanol–water partition coefficient (Wildman–Crippen LogP) is 1.85. The highest BCUT2D eigenvalue weighted by molar-refractivity contribution is 5.94. The molecule has 1 amide bonds. The summed E-state index contributed by atoms with van der Waals surface area (Å²) in [7, 11) is 0. The van der Waals surface area contributed by atoms with Crippen LogP contribution in [0.5, 0.6) is 5.75 Å². The van der Waals surface area contributed by atoms with Crippen LogP contribution in [0.2, 0.25) is 0 Å². The van der Waals surface area contributed by atoms with E-state index in [1.54, 1.807) is 0 Å². The summed E-state index contributed by atoms with van der Waals surface area (Å²) in [5.74, 6) is 0.334. The van der Waals surface area contributed by atoms with Crippen LogP contribution in [0.25, 0.3) is 0 Å². The zero-order valence-corrected chi connectivity index (χ0v) is 11.8. The number of pyridine rings is 1. The van der Waals surface area contributed by atoms with Crippen LogP contribution >= 0.6 is 0 Å². The quantitative estimate of drug-likeness (QED) is 0.785. The van der Waals surface area contributed by atoms with Crippen LogP contribution in [0.3, 0.4) is 0 Å². The van der Waals surface area contributed by atoms with Gasteiger partial charge in [-0.25, -0.2) is 0 Å². The lowest BCUT2D eigenvalue weighted by Gasteiger charge is -2.35. The second kappa shape index (κ2) is 6.22. The molecule has 5 heteroatoms. The van der Waals surface area contributed by atoms with Crippen molar-refractivity contribution in [1.82, 2.24) is 10.3 Å². The number of hydrogen-bond donors (Lipinski definition) is 3. The number of carbonyl (C=O) groups excluding carboxylic acids is 1. The summed E-state index contributed by atoms with van der Waals surface area (Å²) in [5.41, 5.74) is -0.498. The van der Waals surface area contributed by atoms with Crippen LogP contribution in [0.15, 0.2) is 18.5 Å². The molecule has 1 heterocycles. The van der Waals surface area contributed by atoms with Crippen molar-refractivity contribution >= 4 is 5.91 Å². The summed E-state index contributed by atoms with van der Waals surface area (Å²) in [6.07, 6.45) is 7.29. The summed E-state index contributed by atoms with van der Waals surface area (Å²) in [4.78, 5) is 15.7. The lowest BCUT2D eigenvalue weighted by Crippen LogP contribution is -2.45. The van der Waals surface area contributed by atoms with E-state index in [0.29, 0.717) is 11.5 Å². The third-order valence-electron chi connectivity index (χ3n) is 4.18. The van der Waals surface area contributed by atoms with Gasteiger partial charge in [0, 0.05) is 12.7 Å². The number of nitrogens with one attached hydrogen (secondary N) is 1. The van der Waals surface area contributed by atoms with Gasteiger partial charge in [-0.1, -0.05) is 13.3 Å². The Morgan fingerprint density at radius 2 is 2.15 bits per heavy atom. The summed E-state index contributed by atoms with van der Waals surface area (Å²) >= 11 is 0. The number of aromatic nitrogens is 1. The second-order valence-corrected chi connectivity index (χ2v) is 5.69. The minimum absolute atomic E-state index is 0.0418. The molecule has 0 bridgehead atoms. The summed E-state index contributed by atoms with van der Waals surface area (Å²) in [5, 5.41) is 22.5. The maximum atomic E-state index is 11.9. The van der Waals surface area contributed by atoms with Crippen molar-refractivity contribution in [3.8, 4) is 5.75 Å². The van der Waals surface area contributed by atoms with Gasteiger partial charge in [-0.15, -0.1) is 0 Å². The zero-order chi connectivity index (χ0) is 14.6. The minimum atomic E-state index is -0.800. The van der Waals surface area contributed by atoms with Gasteiger partial charge in [0.05, 0.1) is 17.4 Å².